The molecule has 0 aromatic heterocycles. The molecule has 46 heavy (non-hydrogen) atoms. The first-order chi connectivity index (χ1) is 22.2. The second-order valence-electron chi connectivity index (χ2n) is 19.7. The highest BCUT2D eigenvalue weighted by Gasteiger charge is 2.57. The van der Waals surface area contributed by atoms with Crippen molar-refractivity contribution in [3.05, 3.63) is 29.3 Å². The van der Waals surface area contributed by atoms with Crippen LogP contribution in [0.25, 0.3) is 0 Å². The third kappa shape index (κ3) is 5.62. The lowest BCUT2D eigenvalue weighted by atomic mass is 9.55. The van der Waals surface area contributed by atoms with E-state index in [1.807, 2.05) is 11.1 Å². The van der Waals surface area contributed by atoms with Crippen LogP contribution < -0.4 is 15.8 Å². The lowest BCUT2D eigenvalue weighted by Crippen LogP contribution is -2.53. The van der Waals surface area contributed by atoms with Crippen molar-refractivity contribution in [1.82, 2.24) is 10.6 Å². The van der Waals surface area contributed by atoms with Crippen LogP contribution in [-0.2, 0) is 11.3 Å². The molecule has 8 bridgehead atoms. The fourth-order valence-electron chi connectivity index (χ4n) is 14.4. The van der Waals surface area contributed by atoms with Gasteiger partial charge in [-0.1, -0.05) is 50.9 Å². The highest BCUT2D eigenvalue weighted by atomic mass is 31.1. The smallest absolute Gasteiger partial charge is 0.0776 e. The minimum Gasteiger partial charge on any atom is -0.316 e. The van der Waals surface area contributed by atoms with Gasteiger partial charge in [-0.25, -0.2) is 0 Å². The average Bonchev–Trinajstić information content (AvgIpc) is 3.04. The van der Waals surface area contributed by atoms with Gasteiger partial charge in [-0.15, -0.1) is 9.24 Å². The fourth-order valence-corrected chi connectivity index (χ4v) is 21.0. The Labute approximate surface area is 286 Å². The van der Waals surface area contributed by atoms with E-state index in [0.29, 0.717) is 0 Å². The van der Waals surface area contributed by atoms with E-state index in [0.717, 1.165) is 70.5 Å². The first-order valence-corrected chi connectivity index (χ1v) is 26.1. The van der Waals surface area contributed by atoms with Crippen LogP contribution in [0.15, 0.2) is 18.2 Å². The zero-order valence-electron chi connectivity index (χ0n) is 29.6. The molecule has 8 saturated carbocycles. The highest BCUT2D eigenvalue weighted by molar-refractivity contribution is 7.58. The molecule has 11 rings (SSSR count). The zero-order chi connectivity index (χ0) is 31.2. The molecular formula is C41H66N2P2Si. The summed E-state index contributed by atoms with van der Waals surface area (Å²) in [4.78, 5) is 0. The summed E-state index contributed by atoms with van der Waals surface area (Å²) in [5.41, 5.74) is 5.82. The molecular weight excluding hydrogens is 610 g/mol. The van der Waals surface area contributed by atoms with Gasteiger partial charge in [-0.2, -0.15) is 0 Å². The Bertz CT molecular complexity index is 1150. The van der Waals surface area contributed by atoms with Gasteiger partial charge in [0.15, 0.2) is 0 Å². The zero-order valence-corrected chi connectivity index (χ0v) is 32.7. The van der Waals surface area contributed by atoms with Crippen molar-refractivity contribution in [2.24, 2.45) is 59.2 Å². The first kappa shape index (κ1) is 32.1. The molecule has 1 aromatic carbocycles. The molecule has 0 spiro atoms. The Morgan fingerprint density at radius 2 is 1.15 bits per heavy atom. The molecule has 2 heterocycles. The van der Waals surface area contributed by atoms with E-state index in [2.05, 4.69) is 57.7 Å². The second-order valence-corrected chi connectivity index (χ2v) is 28.2. The maximum atomic E-state index is 3.91. The van der Waals surface area contributed by atoms with Crippen molar-refractivity contribution in [3.63, 3.8) is 0 Å². The van der Waals surface area contributed by atoms with Gasteiger partial charge in [0.2, 0.25) is 0 Å². The van der Waals surface area contributed by atoms with Gasteiger partial charge < -0.3 is 10.6 Å². The number of hydrogen-bond acceptors (Lipinski definition) is 2. The lowest BCUT2D eigenvalue weighted by Gasteiger charge is -2.62. The van der Waals surface area contributed by atoms with Gasteiger partial charge in [0.05, 0.1) is 8.07 Å². The molecule has 10 fully saturated rings. The molecule has 254 valence electrons. The van der Waals surface area contributed by atoms with E-state index in [1.54, 1.807) is 69.4 Å². The Kier molecular flexibility index (Phi) is 8.71. The molecule has 8 aliphatic carbocycles. The molecule has 2 N–H and O–H groups in total. The summed E-state index contributed by atoms with van der Waals surface area (Å²) in [6, 6.07) is 8.30. The van der Waals surface area contributed by atoms with Crippen LogP contribution in [0.3, 0.4) is 0 Å². The number of nitrogens with one attached hydrogen (secondary N) is 2. The predicted molar refractivity (Wildman–Crippen MR) is 204 cm³/mol. The molecule has 2 nitrogen and oxygen atoms in total. The predicted octanol–water partition coefficient (Wildman–Crippen LogP) is 8.93. The largest absolute Gasteiger partial charge is 0.316 e. The van der Waals surface area contributed by atoms with Gasteiger partial charge in [-0.3, -0.25) is 0 Å². The van der Waals surface area contributed by atoms with Crippen LogP contribution in [0.5, 0.6) is 0 Å². The van der Waals surface area contributed by atoms with Crippen molar-refractivity contribution < 1.29 is 0 Å². The van der Waals surface area contributed by atoms with E-state index in [9.17, 15) is 0 Å². The summed E-state index contributed by atoms with van der Waals surface area (Å²) in [6.07, 6.45) is 23.0. The van der Waals surface area contributed by atoms with Crippen molar-refractivity contribution in [2.75, 3.05) is 26.2 Å². The second kappa shape index (κ2) is 12.5. The van der Waals surface area contributed by atoms with Gasteiger partial charge in [0, 0.05) is 5.16 Å². The number of benzene rings is 1. The molecule has 2 aliphatic heterocycles. The third-order valence-electron chi connectivity index (χ3n) is 15.9. The summed E-state index contributed by atoms with van der Waals surface area (Å²) >= 11 is 0. The summed E-state index contributed by atoms with van der Waals surface area (Å²) < 4.78 is 0. The number of rotatable bonds is 8. The first-order valence-electron chi connectivity index (χ1n) is 20.3. The molecule has 1 aromatic rings. The van der Waals surface area contributed by atoms with E-state index in [-0.39, 0.29) is 13.1 Å². The Balaban J connectivity index is 1.15. The maximum Gasteiger partial charge on any atom is 0.0776 e. The van der Waals surface area contributed by atoms with Crippen molar-refractivity contribution in [2.45, 2.75) is 132 Å². The number of piperidine rings is 2. The molecule has 10 aliphatic rings. The molecule has 3 atom stereocenters. The lowest BCUT2D eigenvalue weighted by molar-refractivity contribution is 0.0129. The van der Waals surface area contributed by atoms with Gasteiger partial charge >= 0.3 is 0 Å². The monoisotopic (exact) mass is 676 g/mol. The Morgan fingerprint density at radius 3 is 1.54 bits per heavy atom. The maximum absolute atomic E-state index is 3.91. The third-order valence-corrected chi connectivity index (χ3v) is 23.1. The standard InChI is InChI=1S/C41H66N2P2Si/c1-46(2,3)37-9-8-30(38(22-37)41(44,35-6-4-10-42-23-35)36-7-5-11-43-24-36)25-45(39-31-14-26-12-27(16-31)17-32(39)15-26)40-33-18-28-13-29(20-33)21-34(40)19-28/h8-9,22,26-29,31-36,39-40,42-43H,4-7,10-21,23-25,44H2,1-3H3. The SMILES string of the molecule is C[Si](C)(C)c1ccc(CP(C2C3CC4CC(C3)CC2C4)C2C3CC4CC(C3)CC2C4)c(C(P)(C2CCCNC2)C2CCCNC2)c1. The van der Waals surface area contributed by atoms with E-state index >= 15 is 0 Å². The Hall–Kier alpha value is 0.217. The van der Waals surface area contributed by atoms with E-state index in [4.69, 9.17) is 0 Å². The van der Waals surface area contributed by atoms with E-state index in [1.165, 1.54) is 58.0 Å². The molecule has 3 unspecified atom stereocenters. The molecule has 5 heteroatoms. The van der Waals surface area contributed by atoms with Crippen LogP contribution >= 0.6 is 17.2 Å². The van der Waals surface area contributed by atoms with Crippen LogP contribution in [0.4, 0.5) is 0 Å². The Morgan fingerprint density at radius 1 is 0.696 bits per heavy atom. The van der Waals surface area contributed by atoms with E-state index < -0.39 is 8.07 Å². The van der Waals surface area contributed by atoms with Crippen molar-refractivity contribution in [3.8, 4) is 0 Å². The fraction of sp³-hybridized carbons (Fsp3) is 0.854. The summed E-state index contributed by atoms with van der Waals surface area (Å²) in [5.74, 6) is 10.1. The summed E-state index contributed by atoms with van der Waals surface area (Å²) in [6.45, 7) is 12.6. The summed E-state index contributed by atoms with van der Waals surface area (Å²) in [5, 5.41) is 9.70. The molecule has 0 radical (unpaired) electrons. The van der Waals surface area contributed by atoms with Crippen LogP contribution in [0.2, 0.25) is 19.6 Å². The topological polar surface area (TPSA) is 24.1 Å². The van der Waals surface area contributed by atoms with Gasteiger partial charge in [-0.05, 0) is 204 Å². The number of hydrogen-bond donors (Lipinski definition) is 2. The van der Waals surface area contributed by atoms with Gasteiger partial charge in [0.1, 0.15) is 0 Å². The van der Waals surface area contributed by atoms with Crippen molar-refractivity contribution >= 4 is 30.4 Å². The van der Waals surface area contributed by atoms with Crippen LogP contribution in [0.1, 0.15) is 101 Å². The molecule has 2 saturated heterocycles. The minimum atomic E-state index is -1.45. The molecule has 0 amide bonds. The van der Waals surface area contributed by atoms with Gasteiger partial charge in [0.25, 0.3) is 0 Å². The average molecular weight is 677 g/mol. The summed E-state index contributed by atoms with van der Waals surface area (Å²) in [7, 11) is 2.24. The normalized spacial score (nSPS) is 45.1. The minimum absolute atomic E-state index is 0.00189. The van der Waals surface area contributed by atoms with Crippen LogP contribution in [0, 0.1) is 59.2 Å². The van der Waals surface area contributed by atoms with Crippen LogP contribution in [-0.4, -0.2) is 45.6 Å². The van der Waals surface area contributed by atoms with Crippen molar-refractivity contribution in [1.29, 1.82) is 0 Å². The highest BCUT2D eigenvalue weighted by Crippen LogP contribution is 2.72. The quantitative estimate of drug-likeness (QED) is 0.212.